The molecule has 1 saturated heterocycles. The van der Waals surface area contributed by atoms with Crippen LogP contribution in [0.3, 0.4) is 0 Å². The fourth-order valence-corrected chi connectivity index (χ4v) is 2.75. The van der Waals surface area contributed by atoms with Gasteiger partial charge in [-0.25, -0.2) is 0 Å². The van der Waals surface area contributed by atoms with Gasteiger partial charge in [-0.1, -0.05) is 19.4 Å². The van der Waals surface area contributed by atoms with Crippen molar-refractivity contribution >= 4 is 11.5 Å². The van der Waals surface area contributed by atoms with Gasteiger partial charge in [0.25, 0.3) is 0 Å². The van der Waals surface area contributed by atoms with Crippen molar-refractivity contribution in [1.82, 2.24) is 0 Å². The Kier molecular flexibility index (Phi) is 3.90. The number of benzene rings is 1. The molecule has 1 unspecified atom stereocenters. The molecule has 1 aliphatic rings. The zero-order chi connectivity index (χ0) is 13.1. The Hall–Kier alpha value is -1.51. The van der Waals surface area contributed by atoms with Crippen LogP contribution in [0.15, 0.2) is 18.2 Å². The minimum Gasteiger partial charge on any atom is -0.384 e. The fourth-order valence-electron chi connectivity index (χ4n) is 2.75. The summed E-state index contributed by atoms with van der Waals surface area (Å²) in [6.45, 7) is 6.53. The highest BCUT2D eigenvalue weighted by Gasteiger charge is 2.21. The number of hydrogen-bond acceptors (Lipinski definition) is 2. The number of nitrogen functional groups attached to an aromatic ring is 1. The van der Waals surface area contributed by atoms with Gasteiger partial charge in [-0.2, -0.15) is 0 Å². The zero-order valence-corrected chi connectivity index (χ0v) is 11.4. The largest absolute Gasteiger partial charge is 0.384 e. The third-order valence-electron chi connectivity index (χ3n) is 3.88. The molecular formula is C15H23N3. The van der Waals surface area contributed by atoms with Crippen molar-refractivity contribution < 1.29 is 0 Å². The number of amidine groups is 1. The van der Waals surface area contributed by atoms with Crippen LogP contribution in [0.1, 0.15) is 37.3 Å². The molecule has 0 saturated carbocycles. The molecule has 3 nitrogen and oxygen atoms in total. The van der Waals surface area contributed by atoms with Crippen molar-refractivity contribution in [3.8, 4) is 0 Å². The monoisotopic (exact) mass is 245 g/mol. The van der Waals surface area contributed by atoms with E-state index in [4.69, 9.17) is 11.1 Å². The summed E-state index contributed by atoms with van der Waals surface area (Å²) in [4.78, 5) is 2.40. The molecule has 1 heterocycles. The summed E-state index contributed by atoms with van der Waals surface area (Å²) in [6, 6.07) is 6.17. The zero-order valence-electron chi connectivity index (χ0n) is 11.4. The number of nitrogens with zero attached hydrogens (tertiary/aromatic N) is 1. The summed E-state index contributed by atoms with van der Waals surface area (Å²) in [5, 5.41) is 7.71. The number of hydrogen-bond donors (Lipinski definition) is 2. The molecular weight excluding hydrogens is 222 g/mol. The van der Waals surface area contributed by atoms with Crippen LogP contribution in [0.2, 0.25) is 0 Å². The number of rotatable bonds is 3. The van der Waals surface area contributed by atoms with Crippen LogP contribution in [0.4, 0.5) is 5.69 Å². The maximum absolute atomic E-state index is 7.71. The average molecular weight is 245 g/mol. The highest BCUT2D eigenvalue weighted by atomic mass is 15.1. The van der Waals surface area contributed by atoms with E-state index in [1.165, 1.54) is 24.8 Å². The van der Waals surface area contributed by atoms with Gasteiger partial charge in [0.2, 0.25) is 0 Å². The summed E-state index contributed by atoms with van der Waals surface area (Å²) in [5.41, 5.74) is 8.94. The van der Waals surface area contributed by atoms with E-state index in [2.05, 4.69) is 24.8 Å². The first kappa shape index (κ1) is 12.9. The lowest BCUT2D eigenvalue weighted by molar-refractivity contribution is 0.404. The van der Waals surface area contributed by atoms with Gasteiger partial charge in [-0.05, 0) is 43.4 Å². The van der Waals surface area contributed by atoms with Gasteiger partial charge >= 0.3 is 0 Å². The molecule has 0 radical (unpaired) electrons. The van der Waals surface area contributed by atoms with Crippen LogP contribution in [0, 0.1) is 18.3 Å². The van der Waals surface area contributed by atoms with Gasteiger partial charge in [-0.15, -0.1) is 0 Å². The van der Waals surface area contributed by atoms with Crippen LogP contribution in [0.5, 0.6) is 0 Å². The highest BCUT2D eigenvalue weighted by Crippen LogP contribution is 2.28. The minimum absolute atomic E-state index is 0.170. The first-order valence-corrected chi connectivity index (χ1v) is 6.81. The highest BCUT2D eigenvalue weighted by molar-refractivity contribution is 6.00. The summed E-state index contributed by atoms with van der Waals surface area (Å²) < 4.78 is 0. The maximum Gasteiger partial charge on any atom is 0.124 e. The van der Waals surface area contributed by atoms with Gasteiger partial charge in [0, 0.05) is 24.3 Å². The van der Waals surface area contributed by atoms with E-state index >= 15 is 0 Å². The van der Waals surface area contributed by atoms with E-state index in [1.54, 1.807) is 0 Å². The number of piperidine rings is 1. The third-order valence-corrected chi connectivity index (χ3v) is 3.88. The molecule has 1 aromatic rings. The third kappa shape index (κ3) is 2.66. The number of nitrogens with one attached hydrogen (secondary N) is 1. The first-order chi connectivity index (χ1) is 8.61. The lowest BCUT2D eigenvalue weighted by Crippen LogP contribution is -2.36. The molecule has 98 valence electrons. The van der Waals surface area contributed by atoms with Crippen molar-refractivity contribution in [1.29, 1.82) is 5.41 Å². The van der Waals surface area contributed by atoms with Crippen LogP contribution >= 0.6 is 0 Å². The second-order valence-corrected chi connectivity index (χ2v) is 5.30. The second kappa shape index (κ2) is 5.42. The number of anilines is 1. The molecule has 2 rings (SSSR count). The summed E-state index contributed by atoms with van der Waals surface area (Å²) in [5.74, 6) is 0.947. The Bertz CT molecular complexity index is 439. The smallest absolute Gasteiger partial charge is 0.124 e. The molecule has 0 aromatic heterocycles. The van der Waals surface area contributed by atoms with Crippen LogP contribution < -0.4 is 10.6 Å². The molecule has 3 N–H and O–H groups in total. The second-order valence-electron chi connectivity index (χ2n) is 5.30. The van der Waals surface area contributed by atoms with E-state index in [-0.39, 0.29) is 5.84 Å². The first-order valence-electron chi connectivity index (χ1n) is 6.81. The number of nitrogens with two attached hydrogens (primary N) is 1. The van der Waals surface area contributed by atoms with E-state index in [9.17, 15) is 0 Å². The van der Waals surface area contributed by atoms with E-state index in [0.717, 1.165) is 30.3 Å². The summed E-state index contributed by atoms with van der Waals surface area (Å²) in [7, 11) is 0. The van der Waals surface area contributed by atoms with E-state index in [0.29, 0.717) is 0 Å². The molecule has 0 bridgehead atoms. The molecule has 1 fully saturated rings. The van der Waals surface area contributed by atoms with Crippen LogP contribution in [0.25, 0.3) is 0 Å². The molecule has 0 spiro atoms. The Balaban J connectivity index is 2.31. The standard InChI is InChI=1S/C15H23N3/c1-3-12-5-4-8-18(10-12)14-9-11(2)6-7-13(14)15(16)17/h6-7,9,12H,3-5,8,10H2,1-2H3,(H3,16,17). The van der Waals surface area contributed by atoms with E-state index < -0.39 is 0 Å². The molecule has 18 heavy (non-hydrogen) atoms. The predicted molar refractivity (Wildman–Crippen MR) is 77.4 cm³/mol. The molecule has 1 aromatic carbocycles. The van der Waals surface area contributed by atoms with Gasteiger partial charge in [0.15, 0.2) is 0 Å². The minimum atomic E-state index is 0.170. The quantitative estimate of drug-likeness (QED) is 0.635. The molecule has 1 aliphatic heterocycles. The Morgan fingerprint density at radius 2 is 2.28 bits per heavy atom. The van der Waals surface area contributed by atoms with Crippen molar-refractivity contribution in [2.45, 2.75) is 33.1 Å². The van der Waals surface area contributed by atoms with Gasteiger partial charge in [-0.3, -0.25) is 5.41 Å². The van der Waals surface area contributed by atoms with E-state index in [1.807, 2.05) is 12.1 Å². The van der Waals surface area contributed by atoms with Gasteiger partial charge < -0.3 is 10.6 Å². The molecule has 1 atom stereocenters. The van der Waals surface area contributed by atoms with Gasteiger partial charge in [0.1, 0.15) is 5.84 Å². The summed E-state index contributed by atoms with van der Waals surface area (Å²) >= 11 is 0. The molecule has 0 amide bonds. The fraction of sp³-hybridized carbons (Fsp3) is 0.533. The Labute approximate surface area is 109 Å². The lowest BCUT2D eigenvalue weighted by Gasteiger charge is -2.35. The van der Waals surface area contributed by atoms with Crippen molar-refractivity contribution in [2.24, 2.45) is 11.7 Å². The van der Waals surface area contributed by atoms with Crippen molar-refractivity contribution in [2.75, 3.05) is 18.0 Å². The van der Waals surface area contributed by atoms with Gasteiger partial charge in [0.05, 0.1) is 0 Å². The van der Waals surface area contributed by atoms with Crippen molar-refractivity contribution in [3.63, 3.8) is 0 Å². The SMILES string of the molecule is CCC1CCCN(c2cc(C)ccc2C(=N)N)C1. The summed E-state index contributed by atoms with van der Waals surface area (Å²) in [6.07, 6.45) is 3.80. The Morgan fingerprint density at radius 3 is 2.94 bits per heavy atom. The van der Waals surface area contributed by atoms with Crippen molar-refractivity contribution in [3.05, 3.63) is 29.3 Å². The lowest BCUT2D eigenvalue weighted by atomic mass is 9.94. The molecule has 3 heteroatoms. The Morgan fingerprint density at radius 1 is 1.50 bits per heavy atom. The normalized spacial score (nSPS) is 19.9. The maximum atomic E-state index is 7.71. The average Bonchev–Trinajstić information content (AvgIpc) is 2.38. The number of aryl methyl sites for hydroxylation is 1. The van der Waals surface area contributed by atoms with Crippen LogP contribution in [-0.2, 0) is 0 Å². The molecule has 0 aliphatic carbocycles. The van der Waals surface area contributed by atoms with Crippen LogP contribution in [-0.4, -0.2) is 18.9 Å². The predicted octanol–water partition coefficient (Wildman–Crippen LogP) is 2.91. The topological polar surface area (TPSA) is 53.1 Å².